The number of benzene rings is 1. The van der Waals surface area contributed by atoms with Crippen LogP contribution in [0.2, 0.25) is 10.0 Å². The van der Waals surface area contributed by atoms with Gasteiger partial charge >= 0.3 is 0 Å². The summed E-state index contributed by atoms with van der Waals surface area (Å²) in [5, 5.41) is 12.2. The molecule has 7 nitrogen and oxygen atoms in total. The van der Waals surface area contributed by atoms with E-state index in [0.717, 1.165) is 0 Å². The lowest BCUT2D eigenvalue weighted by molar-refractivity contribution is -0.113. The van der Waals surface area contributed by atoms with Gasteiger partial charge in [-0.25, -0.2) is 9.37 Å². The smallest absolute Gasteiger partial charge is 0.236 e. The van der Waals surface area contributed by atoms with E-state index in [-0.39, 0.29) is 16.7 Å². The minimum Gasteiger partial charge on any atom is -0.481 e. The Hall–Kier alpha value is -2.62. The van der Waals surface area contributed by atoms with Crippen molar-refractivity contribution in [2.45, 2.75) is 24.7 Å². The van der Waals surface area contributed by atoms with Gasteiger partial charge in [0.25, 0.3) is 0 Å². The number of nitrogens with zero attached hydrogens (tertiary/aromatic N) is 4. The lowest BCUT2D eigenvalue weighted by Gasteiger charge is -2.16. The van der Waals surface area contributed by atoms with Crippen molar-refractivity contribution >= 4 is 46.7 Å². The van der Waals surface area contributed by atoms with Crippen LogP contribution in [0.5, 0.6) is 5.75 Å². The van der Waals surface area contributed by atoms with Gasteiger partial charge < -0.3 is 10.1 Å². The van der Waals surface area contributed by atoms with Crippen LogP contribution in [0.25, 0.3) is 0 Å². The third-order valence-corrected chi connectivity index (χ3v) is 5.43. The Kier molecular flexibility index (Phi) is 7.89. The second-order valence-electron chi connectivity index (χ2n) is 6.27. The van der Waals surface area contributed by atoms with Crippen LogP contribution in [0.1, 0.15) is 18.9 Å². The molecule has 0 aliphatic carbocycles. The van der Waals surface area contributed by atoms with Crippen molar-refractivity contribution in [3.05, 3.63) is 70.9 Å². The molecule has 0 bridgehead atoms. The number of halogens is 3. The van der Waals surface area contributed by atoms with Crippen molar-refractivity contribution in [3.8, 4) is 5.75 Å². The molecule has 0 radical (unpaired) electrons. The Morgan fingerprint density at radius 1 is 1.35 bits per heavy atom. The number of rotatable bonds is 9. The summed E-state index contributed by atoms with van der Waals surface area (Å²) in [5.74, 6) is 0.637. The maximum absolute atomic E-state index is 13.3. The Balaban J connectivity index is 1.68. The average Bonchev–Trinajstić information content (AvgIpc) is 3.13. The standard InChI is InChI=1S/C20H18Cl2FN5O2S/c1-3-8-28-19(12(2)30-16-6-5-14(23)9-15(16)22)26-27-20(28)31-11-18(29)25-17-7-4-13(21)10-24-17/h3-7,9-10,12H,1,8,11H2,2H3,(H,24,25,29). The molecule has 162 valence electrons. The number of aromatic nitrogens is 4. The molecular weight excluding hydrogens is 464 g/mol. The fourth-order valence-corrected chi connectivity index (χ4v) is 3.66. The minimum atomic E-state index is -0.531. The highest BCUT2D eigenvalue weighted by Crippen LogP contribution is 2.30. The summed E-state index contributed by atoms with van der Waals surface area (Å²) in [7, 11) is 0. The fourth-order valence-electron chi connectivity index (χ4n) is 2.58. The highest BCUT2D eigenvalue weighted by atomic mass is 35.5. The van der Waals surface area contributed by atoms with Crippen molar-refractivity contribution in [2.24, 2.45) is 0 Å². The number of carbonyl (C=O) groups is 1. The van der Waals surface area contributed by atoms with Crippen molar-refractivity contribution in [2.75, 3.05) is 11.1 Å². The van der Waals surface area contributed by atoms with Crippen molar-refractivity contribution < 1.29 is 13.9 Å². The quantitative estimate of drug-likeness (QED) is 0.335. The predicted octanol–water partition coefficient (Wildman–Crippen LogP) is 5.18. The van der Waals surface area contributed by atoms with E-state index >= 15 is 0 Å². The van der Waals surface area contributed by atoms with E-state index in [9.17, 15) is 9.18 Å². The lowest BCUT2D eigenvalue weighted by Crippen LogP contribution is -2.16. The molecule has 11 heteroatoms. The summed E-state index contributed by atoms with van der Waals surface area (Å²) in [5.41, 5.74) is 0. The maximum Gasteiger partial charge on any atom is 0.236 e. The van der Waals surface area contributed by atoms with Crippen molar-refractivity contribution in [1.29, 1.82) is 0 Å². The lowest BCUT2D eigenvalue weighted by atomic mass is 10.3. The molecule has 31 heavy (non-hydrogen) atoms. The summed E-state index contributed by atoms with van der Waals surface area (Å²) >= 11 is 13.0. The summed E-state index contributed by atoms with van der Waals surface area (Å²) in [6.45, 7) is 5.94. The van der Waals surface area contributed by atoms with Gasteiger partial charge in [0.2, 0.25) is 5.91 Å². The van der Waals surface area contributed by atoms with E-state index in [4.69, 9.17) is 27.9 Å². The first-order valence-electron chi connectivity index (χ1n) is 9.07. The number of ether oxygens (including phenoxy) is 1. The van der Waals surface area contributed by atoms with Gasteiger partial charge in [-0.1, -0.05) is 41.0 Å². The molecular formula is C20H18Cl2FN5O2S. The van der Waals surface area contributed by atoms with Gasteiger partial charge in [0.1, 0.15) is 17.4 Å². The number of carbonyl (C=O) groups excluding carboxylic acids is 1. The van der Waals surface area contributed by atoms with Crippen LogP contribution >= 0.6 is 35.0 Å². The first-order valence-corrected chi connectivity index (χ1v) is 10.8. The van der Waals surface area contributed by atoms with Crippen LogP contribution in [0.15, 0.2) is 54.3 Å². The highest BCUT2D eigenvalue weighted by Gasteiger charge is 2.20. The summed E-state index contributed by atoms with van der Waals surface area (Å²) < 4.78 is 20.9. The first-order chi connectivity index (χ1) is 14.9. The summed E-state index contributed by atoms with van der Waals surface area (Å²) in [4.78, 5) is 16.3. The topological polar surface area (TPSA) is 81.9 Å². The SMILES string of the molecule is C=CCn1c(SCC(=O)Nc2ccc(Cl)cn2)nnc1C(C)Oc1ccc(F)cc1Cl. The first kappa shape index (κ1) is 23.1. The van der Waals surface area contributed by atoms with Crippen LogP contribution in [0.4, 0.5) is 10.2 Å². The third kappa shape index (κ3) is 6.19. The van der Waals surface area contributed by atoms with Crippen molar-refractivity contribution in [3.63, 3.8) is 0 Å². The van der Waals surface area contributed by atoms with Crippen LogP contribution in [-0.2, 0) is 11.3 Å². The zero-order chi connectivity index (χ0) is 22.4. The van der Waals surface area contributed by atoms with Crippen molar-refractivity contribution in [1.82, 2.24) is 19.7 Å². The molecule has 3 rings (SSSR count). The van der Waals surface area contributed by atoms with E-state index in [0.29, 0.717) is 34.1 Å². The van der Waals surface area contributed by atoms with E-state index in [1.807, 2.05) is 0 Å². The van der Waals surface area contributed by atoms with E-state index in [1.165, 1.54) is 36.2 Å². The number of pyridine rings is 1. The van der Waals surface area contributed by atoms with Gasteiger partial charge in [0.15, 0.2) is 17.1 Å². The molecule has 2 aromatic heterocycles. The average molecular weight is 482 g/mol. The number of thioether (sulfide) groups is 1. The number of nitrogens with one attached hydrogen (secondary N) is 1. The Bertz CT molecular complexity index is 1080. The molecule has 0 saturated carbocycles. The molecule has 0 aliphatic heterocycles. The number of hydrogen-bond acceptors (Lipinski definition) is 6. The number of amides is 1. The fraction of sp³-hybridized carbons (Fsp3) is 0.200. The second kappa shape index (κ2) is 10.6. The molecule has 1 N–H and O–H groups in total. The predicted molar refractivity (Wildman–Crippen MR) is 119 cm³/mol. The highest BCUT2D eigenvalue weighted by molar-refractivity contribution is 7.99. The van der Waals surface area contributed by atoms with Crippen LogP contribution in [0.3, 0.4) is 0 Å². The zero-order valence-corrected chi connectivity index (χ0v) is 18.7. The van der Waals surface area contributed by atoms with E-state index < -0.39 is 11.9 Å². The van der Waals surface area contributed by atoms with Gasteiger partial charge in [-0.15, -0.1) is 16.8 Å². The molecule has 2 heterocycles. The van der Waals surface area contributed by atoms with Gasteiger partial charge in [0.05, 0.1) is 15.8 Å². The maximum atomic E-state index is 13.3. The second-order valence-corrected chi connectivity index (χ2v) is 8.06. The third-order valence-electron chi connectivity index (χ3n) is 3.95. The number of hydrogen-bond donors (Lipinski definition) is 1. The zero-order valence-electron chi connectivity index (χ0n) is 16.4. The molecule has 0 spiro atoms. The summed E-state index contributed by atoms with van der Waals surface area (Å²) in [6.07, 6.45) is 2.61. The Labute approximate surface area is 192 Å². The van der Waals surface area contributed by atoms with E-state index in [1.54, 1.807) is 29.7 Å². The van der Waals surface area contributed by atoms with E-state index in [2.05, 4.69) is 27.1 Å². The van der Waals surface area contributed by atoms with Crippen LogP contribution in [-0.4, -0.2) is 31.4 Å². The molecule has 3 aromatic rings. The number of anilines is 1. The molecule has 1 amide bonds. The Morgan fingerprint density at radius 2 is 2.16 bits per heavy atom. The number of allylic oxidation sites excluding steroid dienone is 1. The van der Waals surface area contributed by atoms with Gasteiger partial charge in [-0.05, 0) is 37.3 Å². The Morgan fingerprint density at radius 3 is 2.84 bits per heavy atom. The normalized spacial score (nSPS) is 11.7. The molecule has 0 saturated heterocycles. The van der Waals surface area contributed by atoms with Gasteiger partial charge in [0, 0.05) is 12.7 Å². The minimum absolute atomic E-state index is 0.0958. The molecule has 0 fully saturated rings. The van der Waals surface area contributed by atoms with Gasteiger partial charge in [-0.3, -0.25) is 9.36 Å². The van der Waals surface area contributed by atoms with Crippen LogP contribution in [0, 0.1) is 5.82 Å². The van der Waals surface area contributed by atoms with Gasteiger partial charge in [-0.2, -0.15) is 0 Å². The molecule has 0 aliphatic rings. The molecule has 1 unspecified atom stereocenters. The van der Waals surface area contributed by atoms with Crippen LogP contribution < -0.4 is 10.1 Å². The molecule has 1 atom stereocenters. The molecule has 1 aromatic carbocycles. The monoisotopic (exact) mass is 481 g/mol. The summed E-state index contributed by atoms with van der Waals surface area (Å²) in [6, 6.07) is 7.14. The largest absolute Gasteiger partial charge is 0.481 e.